The molecule has 3 N–H and O–H groups in total. The van der Waals surface area contributed by atoms with Crippen molar-refractivity contribution < 1.29 is 5.21 Å². The number of aromatic nitrogens is 3. The van der Waals surface area contributed by atoms with Crippen LogP contribution in [0.5, 0.6) is 0 Å². The van der Waals surface area contributed by atoms with Gasteiger partial charge >= 0.3 is 0 Å². The van der Waals surface area contributed by atoms with Gasteiger partial charge in [0.05, 0.1) is 11.8 Å². The Balaban J connectivity index is 2.32. The van der Waals surface area contributed by atoms with E-state index in [0.717, 1.165) is 10.0 Å². The molecule has 6 nitrogen and oxygen atoms in total. The minimum absolute atomic E-state index is 0.00989. The fourth-order valence-electron chi connectivity index (χ4n) is 1.10. The van der Waals surface area contributed by atoms with Crippen molar-refractivity contribution in [3.8, 4) is 0 Å². The zero-order valence-corrected chi connectivity index (χ0v) is 10.5. The highest BCUT2D eigenvalue weighted by Crippen LogP contribution is 2.30. The van der Waals surface area contributed by atoms with E-state index in [1.54, 1.807) is 6.07 Å². The van der Waals surface area contributed by atoms with Gasteiger partial charge in [-0.15, -0.1) is 16.4 Å². The third-order valence-electron chi connectivity index (χ3n) is 1.85. The van der Waals surface area contributed by atoms with Crippen LogP contribution in [0, 0.1) is 6.92 Å². The highest BCUT2D eigenvalue weighted by atomic mass is 32.2. The molecule has 2 aromatic heterocycles. The van der Waals surface area contributed by atoms with Crippen LogP contribution in [-0.4, -0.2) is 26.2 Å². The number of nitrogens with two attached hydrogens (primary N) is 1. The van der Waals surface area contributed by atoms with Gasteiger partial charge in [0.2, 0.25) is 0 Å². The van der Waals surface area contributed by atoms with E-state index in [4.69, 9.17) is 10.9 Å². The zero-order chi connectivity index (χ0) is 12.3. The quantitative estimate of drug-likeness (QED) is 0.378. The molecular weight excluding hydrogens is 258 g/mol. The molecule has 0 radical (unpaired) electrons. The minimum atomic E-state index is 0.00989. The molecule has 0 aliphatic rings. The fourth-order valence-corrected chi connectivity index (χ4v) is 2.92. The molecule has 0 spiro atoms. The Morgan fingerprint density at radius 2 is 2.41 bits per heavy atom. The van der Waals surface area contributed by atoms with Gasteiger partial charge in [0.25, 0.3) is 0 Å². The van der Waals surface area contributed by atoms with Crippen LogP contribution in [0.1, 0.15) is 11.3 Å². The lowest BCUT2D eigenvalue weighted by atomic mass is 10.3. The minimum Gasteiger partial charge on any atom is -0.409 e. The molecule has 2 rings (SSSR count). The SMILES string of the molecule is Cc1csc(Sc2nnccc2/C(N)=N/O)n1. The largest absolute Gasteiger partial charge is 0.409 e. The smallest absolute Gasteiger partial charge is 0.172 e. The number of oxime groups is 1. The summed E-state index contributed by atoms with van der Waals surface area (Å²) in [5.74, 6) is 0.00989. The second-order valence-corrected chi connectivity index (χ2v) is 5.19. The van der Waals surface area contributed by atoms with Gasteiger partial charge in [0.1, 0.15) is 5.03 Å². The summed E-state index contributed by atoms with van der Waals surface area (Å²) in [4.78, 5) is 4.30. The topological polar surface area (TPSA) is 97.3 Å². The third-order valence-corrected chi connectivity index (χ3v) is 3.90. The molecule has 8 heteroatoms. The number of hydrogen-bond donors (Lipinski definition) is 2. The van der Waals surface area contributed by atoms with E-state index in [1.807, 2.05) is 12.3 Å². The fraction of sp³-hybridized carbons (Fsp3) is 0.111. The molecule has 0 aromatic carbocycles. The second kappa shape index (κ2) is 5.11. The number of rotatable bonds is 3. The van der Waals surface area contributed by atoms with Gasteiger partial charge in [-0.2, -0.15) is 5.10 Å². The predicted molar refractivity (Wildman–Crippen MR) is 65.5 cm³/mol. The van der Waals surface area contributed by atoms with Crippen molar-refractivity contribution in [1.82, 2.24) is 15.2 Å². The maximum atomic E-state index is 8.68. The molecule has 0 saturated carbocycles. The van der Waals surface area contributed by atoms with Crippen LogP contribution in [0.4, 0.5) is 0 Å². The first-order valence-corrected chi connectivity index (χ1v) is 6.30. The van der Waals surface area contributed by atoms with Crippen molar-refractivity contribution in [3.63, 3.8) is 0 Å². The predicted octanol–water partition coefficient (Wildman–Crippen LogP) is 1.49. The van der Waals surface area contributed by atoms with Gasteiger partial charge in [-0.05, 0) is 24.8 Å². The highest BCUT2D eigenvalue weighted by Gasteiger charge is 2.12. The van der Waals surface area contributed by atoms with Crippen molar-refractivity contribution in [2.75, 3.05) is 0 Å². The molecule has 0 bridgehead atoms. The Labute approximate surface area is 106 Å². The van der Waals surface area contributed by atoms with E-state index >= 15 is 0 Å². The number of thiazole rings is 1. The van der Waals surface area contributed by atoms with E-state index in [9.17, 15) is 0 Å². The standard InChI is InChI=1S/C9H9N5OS2/c1-5-4-16-9(12-5)17-8-6(7(10)14-15)2-3-11-13-8/h2-4,15H,1H3,(H2,10,14). The molecule has 0 atom stereocenters. The normalized spacial score (nSPS) is 11.7. The van der Waals surface area contributed by atoms with Crippen LogP contribution in [0.2, 0.25) is 0 Å². The van der Waals surface area contributed by atoms with Crippen molar-refractivity contribution in [1.29, 1.82) is 0 Å². The Bertz CT molecular complexity index is 554. The van der Waals surface area contributed by atoms with Gasteiger partial charge < -0.3 is 10.9 Å². The monoisotopic (exact) mass is 267 g/mol. The Kier molecular flexibility index (Phi) is 3.55. The summed E-state index contributed by atoms with van der Waals surface area (Å²) in [6, 6.07) is 1.64. The summed E-state index contributed by atoms with van der Waals surface area (Å²) >= 11 is 2.85. The second-order valence-electron chi connectivity index (χ2n) is 3.09. The maximum absolute atomic E-state index is 8.68. The van der Waals surface area contributed by atoms with Crippen molar-refractivity contribution >= 4 is 28.9 Å². The molecule has 0 amide bonds. The number of nitrogens with zero attached hydrogens (tertiary/aromatic N) is 4. The van der Waals surface area contributed by atoms with Crippen molar-refractivity contribution in [3.05, 3.63) is 28.9 Å². The first kappa shape index (κ1) is 11.8. The number of hydrogen-bond acceptors (Lipinski definition) is 7. The maximum Gasteiger partial charge on any atom is 0.172 e. The Morgan fingerprint density at radius 3 is 3.06 bits per heavy atom. The number of aryl methyl sites for hydroxylation is 1. The van der Waals surface area contributed by atoms with Gasteiger partial charge in [0, 0.05) is 11.1 Å². The summed E-state index contributed by atoms with van der Waals surface area (Å²) in [6.07, 6.45) is 1.49. The molecule has 0 fully saturated rings. The lowest BCUT2D eigenvalue weighted by Gasteiger charge is -2.02. The first-order chi connectivity index (χ1) is 8.20. The summed E-state index contributed by atoms with van der Waals surface area (Å²) in [5.41, 5.74) is 7.05. The summed E-state index contributed by atoms with van der Waals surface area (Å²) in [6.45, 7) is 1.92. The first-order valence-electron chi connectivity index (χ1n) is 4.60. The Morgan fingerprint density at radius 1 is 1.59 bits per heavy atom. The lowest BCUT2D eigenvalue weighted by molar-refractivity contribution is 0.318. The molecule has 88 valence electrons. The van der Waals surface area contributed by atoms with Gasteiger partial charge in [-0.3, -0.25) is 0 Å². The number of amidine groups is 1. The third kappa shape index (κ3) is 2.71. The van der Waals surface area contributed by atoms with Crippen LogP contribution in [0.25, 0.3) is 0 Å². The summed E-state index contributed by atoms with van der Waals surface area (Å²) < 4.78 is 0.843. The highest BCUT2D eigenvalue weighted by molar-refractivity contribution is 8.01. The van der Waals surface area contributed by atoms with Crippen LogP contribution in [-0.2, 0) is 0 Å². The summed E-state index contributed by atoms with van der Waals surface area (Å²) in [7, 11) is 0. The van der Waals surface area contributed by atoms with Gasteiger partial charge in [-0.1, -0.05) is 5.16 Å². The van der Waals surface area contributed by atoms with Crippen LogP contribution in [0.15, 0.2) is 32.2 Å². The van der Waals surface area contributed by atoms with E-state index < -0.39 is 0 Å². The van der Waals surface area contributed by atoms with E-state index in [2.05, 4.69) is 20.3 Å². The van der Waals surface area contributed by atoms with Gasteiger partial charge in [0.15, 0.2) is 10.2 Å². The average Bonchev–Trinajstić information content (AvgIpc) is 2.74. The average molecular weight is 267 g/mol. The van der Waals surface area contributed by atoms with Crippen LogP contribution < -0.4 is 5.73 Å². The molecule has 0 aliphatic heterocycles. The molecule has 0 aliphatic carbocycles. The van der Waals surface area contributed by atoms with Crippen molar-refractivity contribution in [2.45, 2.75) is 16.3 Å². The Hall–Kier alpha value is -1.67. The van der Waals surface area contributed by atoms with Crippen LogP contribution >= 0.6 is 23.1 Å². The van der Waals surface area contributed by atoms with E-state index in [-0.39, 0.29) is 5.84 Å². The molecule has 0 saturated heterocycles. The zero-order valence-electron chi connectivity index (χ0n) is 8.86. The molecule has 2 heterocycles. The van der Waals surface area contributed by atoms with E-state index in [0.29, 0.717) is 10.6 Å². The van der Waals surface area contributed by atoms with Crippen LogP contribution in [0.3, 0.4) is 0 Å². The van der Waals surface area contributed by atoms with E-state index in [1.165, 1.54) is 29.3 Å². The lowest BCUT2D eigenvalue weighted by Crippen LogP contribution is -2.15. The van der Waals surface area contributed by atoms with Crippen molar-refractivity contribution in [2.24, 2.45) is 10.9 Å². The molecule has 2 aromatic rings. The molecular formula is C9H9N5OS2. The molecule has 0 unspecified atom stereocenters. The molecule has 17 heavy (non-hydrogen) atoms. The van der Waals surface area contributed by atoms with Gasteiger partial charge in [-0.25, -0.2) is 4.98 Å². The summed E-state index contributed by atoms with van der Waals surface area (Å²) in [5, 5.41) is 21.9.